The second-order valence-electron chi connectivity index (χ2n) is 7.66. The van der Waals surface area contributed by atoms with Gasteiger partial charge in [0.05, 0.1) is 0 Å². The van der Waals surface area contributed by atoms with E-state index >= 15 is 0 Å². The number of nitrogens with two attached hydrogens (primary N) is 1. The monoisotopic (exact) mass is 280 g/mol. The Balaban J connectivity index is 1.79. The van der Waals surface area contributed by atoms with Crippen molar-refractivity contribution in [2.24, 2.45) is 17.6 Å². The van der Waals surface area contributed by atoms with Gasteiger partial charge >= 0.3 is 0 Å². The molecule has 2 N–H and O–H groups in total. The second-order valence-corrected chi connectivity index (χ2v) is 7.66. The van der Waals surface area contributed by atoms with Gasteiger partial charge in [-0.05, 0) is 50.9 Å². The van der Waals surface area contributed by atoms with Gasteiger partial charge in [-0.15, -0.1) is 0 Å². The SMILES string of the molecule is CCCCCCCC(C)(CN)N(CC1CC1)CC1CC1. The van der Waals surface area contributed by atoms with Crippen molar-refractivity contribution in [3.8, 4) is 0 Å². The van der Waals surface area contributed by atoms with Crippen molar-refractivity contribution in [1.82, 2.24) is 4.90 Å². The van der Waals surface area contributed by atoms with Crippen molar-refractivity contribution >= 4 is 0 Å². The maximum absolute atomic E-state index is 6.20. The molecule has 0 aromatic heterocycles. The average molecular weight is 280 g/mol. The molecule has 2 saturated carbocycles. The van der Waals surface area contributed by atoms with Gasteiger partial charge < -0.3 is 5.73 Å². The van der Waals surface area contributed by atoms with Crippen LogP contribution in [0, 0.1) is 11.8 Å². The van der Waals surface area contributed by atoms with E-state index in [1.54, 1.807) is 0 Å². The summed E-state index contributed by atoms with van der Waals surface area (Å²) >= 11 is 0. The predicted octanol–water partition coefficient (Wildman–Crippen LogP) is 4.19. The van der Waals surface area contributed by atoms with Crippen LogP contribution >= 0.6 is 0 Å². The van der Waals surface area contributed by atoms with Gasteiger partial charge in [-0.2, -0.15) is 0 Å². The van der Waals surface area contributed by atoms with Crippen LogP contribution in [0.2, 0.25) is 0 Å². The first-order valence-corrected chi connectivity index (χ1v) is 9.13. The standard InChI is InChI=1S/C18H36N2/c1-3-4-5-6-7-12-18(2,15-19)20(13-16-8-9-16)14-17-10-11-17/h16-17H,3-15,19H2,1-2H3. The number of hydrogen-bond donors (Lipinski definition) is 1. The van der Waals surface area contributed by atoms with Crippen LogP contribution in [0.4, 0.5) is 0 Å². The predicted molar refractivity (Wildman–Crippen MR) is 87.9 cm³/mol. The lowest BCUT2D eigenvalue weighted by molar-refractivity contribution is 0.0871. The van der Waals surface area contributed by atoms with Gasteiger partial charge in [0.25, 0.3) is 0 Å². The highest BCUT2D eigenvalue weighted by Gasteiger charge is 2.37. The second kappa shape index (κ2) is 7.79. The Labute approximate surface area is 126 Å². The third-order valence-corrected chi connectivity index (χ3v) is 5.37. The van der Waals surface area contributed by atoms with Crippen molar-refractivity contribution in [2.75, 3.05) is 19.6 Å². The molecule has 2 fully saturated rings. The minimum Gasteiger partial charge on any atom is -0.329 e. The third-order valence-electron chi connectivity index (χ3n) is 5.37. The zero-order valence-corrected chi connectivity index (χ0v) is 13.9. The molecule has 1 atom stereocenters. The molecule has 2 aliphatic carbocycles. The van der Waals surface area contributed by atoms with Gasteiger partial charge in [0, 0.05) is 25.2 Å². The molecule has 0 aromatic rings. The van der Waals surface area contributed by atoms with Crippen LogP contribution in [0.25, 0.3) is 0 Å². The van der Waals surface area contributed by atoms with Gasteiger partial charge in [-0.3, -0.25) is 4.90 Å². The fraction of sp³-hybridized carbons (Fsp3) is 1.00. The Morgan fingerprint density at radius 2 is 1.50 bits per heavy atom. The quantitative estimate of drug-likeness (QED) is 0.543. The van der Waals surface area contributed by atoms with E-state index in [1.165, 1.54) is 77.3 Å². The first-order chi connectivity index (χ1) is 9.68. The van der Waals surface area contributed by atoms with Gasteiger partial charge in [0.15, 0.2) is 0 Å². The first kappa shape index (κ1) is 16.3. The van der Waals surface area contributed by atoms with Crippen LogP contribution in [0.15, 0.2) is 0 Å². The number of nitrogens with zero attached hydrogens (tertiary/aromatic N) is 1. The summed E-state index contributed by atoms with van der Waals surface area (Å²) < 4.78 is 0. The molecular weight excluding hydrogens is 244 g/mol. The van der Waals surface area contributed by atoms with Crippen LogP contribution in [0.5, 0.6) is 0 Å². The lowest BCUT2D eigenvalue weighted by Gasteiger charge is -2.41. The van der Waals surface area contributed by atoms with Crippen molar-refractivity contribution in [2.45, 2.75) is 83.6 Å². The Kier molecular flexibility index (Phi) is 6.35. The van der Waals surface area contributed by atoms with E-state index in [2.05, 4.69) is 18.7 Å². The average Bonchev–Trinajstić information content (AvgIpc) is 3.32. The number of rotatable bonds is 12. The van der Waals surface area contributed by atoms with E-state index in [-0.39, 0.29) is 5.54 Å². The van der Waals surface area contributed by atoms with Crippen LogP contribution in [0.1, 0.15) is 78.1 Å². The van der Waals surface area contributed by atoms with Crippen LogP contribution in [-0.4, -0.2) is 30.1 Å². The highest BCUT2D eigenvalue weighted by molar-refractivity contribution is 4.93. The van der Waals surface area contributed by atoms with Crippen molar-refractivity contribution < 1.29 is 0 Å². The molecule has 0 spiro atoms. The molecule has 2 rings (SSSR count). The normalized spacial score (nSPS) is 22.2. The van der Waals surface area contributed by atoms with Crippen molar-refractivity contribution in [3.05, 3.63) is 0 Å². The molecule has 0 aromatic carbocycles. The van der Waals surface area contributed by atoms with E-state index in [0.717, 1.165) is 18.4 Å². The molecular formula is C18H36N2. The first-order valence-electron chi connectivity index (χ1n) is 9.13. The summed E-state index contributed by atoms with van der Waals surface area (Å²) in [4.78, 5) is 2.78. The lowest BCUT2D eigenvalue weighted by Crippen LogP contribution is -2.53. The molecule has 0 saturated heterocycles. The highest BCUT2D eigenvalue weighted by Crippen LogP contribution is 2.37. The summed E-state index contributed by atoms with van der Waals surface area (Å²) in [7, 11) is 0. The van der Waals surface area contributed by atoms with Crippen molar-refractivity contribution in [3.63, 3.8) is 0 Å². The Morgan fingerprint density at radius 1 is 0.950 bits per heavy atom. The van der Waals surface area contributed by atoms with E-state index in [4.69, 9.17) is 5.73 Å². The van der Waals surface area contributed by atoms with Crippen molar-refractivity contribution in [1.29, 1.82) is 0 Å². The summed E-state index contributed by atoms with van der Waals surface area (Å²) in [5.41, 5.74) is 6.46. The topological polar surface area (TPSA) is 29.3 Å². The van der Waals surface area contributed by atoms with Crippen LogP contribution in [0.3, 0.4) is 0 Å². The van der Waals surface area contributed by atoms with E-state index in [1.807, 2.05) is 0 Å². The Bertz CT molecular complexity index is 257. The fourth-order valence-corrected chi connectivity index (χ4v) is 3.24. The van der Waals surface area contributed by atoms with E-state index in [0.29, 0.717) is 0 Å². The molecule has 0 radical (unpaired) electrons. The molecule has 20 heavy (non-hydrogen) atoms. The van der Waals surface area contributed by atoms with Crippen LogP contribution < -0.4 is 5.73 Å². The van der Waals surface area contributed by atoms with E-state index in [9.17, 15) is 0 Å². The number of unbranched alkanes of at least 4 members (excludes halogenated alkanes) is 4. The zero-order valence-electron chi connectivity index (χ0n) is 13.9. The molecule has 1 unspecified atom stereocenters. The molecule has 0 aliphatic heterocycles. The summed E-state index contributed by atoms with van der Waals surface area (Å²) in [6.45, 7) is 8.19. The molecule has 118 valence electrons. The molecule has 0 bridgehead atoms. The highest BCUT2D eigenvalue weighted by atomic mass is 15.2. The van der Waals surface area contributed by atoms with E-state index < -0.39 is 0 Å². The largest absolute Gasteiger partial charge is 0.329 e. The summed E-state index contributed by atoms with van der Waals surface area (Å²) in [6, 6.07) is 0. The maximum atomic E-state index is 6.20. The minimum atomic E-state index is 0.261. The van der Waals surface area contributed by atoms with Crippen LogP contribution in [-0.2, 0) is 0 Å². The smallest absolute Gasteiger partial charge is 0.0303 e. The molecule has 0 heterocycles. The third kappa shape index (κ3) is 5.37. The lowest BCUT2D eigenvalue weighted by atomic mass is 9.91. The van der Waals surface area contributed by atoms with Gasteiger partial charge in [-0.25, -0.2) is 0 Å². The van der Waals surface area contributed by atoms with Gasteiger partial charge in [0.1, 0.15) is 0 Å². The Morgan fingerprint density at radius 3 is 1.95 bits per heavy atom. The summed E-state index contributed by atoms with van der Waals surface area (Å²) in [5.74, 6) is 1.97. The maximum Gasteiger partial charge on any atom is 0.0303 e. The fourth-order valence-electron chi connectivity index (χ4n) is 3.24. The van der Waals surface area contributed by atoms with Gasteiger partial charge in [-0.1, -0.05) is 39.0 Å². The van der Waals surface area contributed by atoms with Gasteiger partial charge in [0.2, 0.25) is 0 Å². The molecule has 2 heteroatoms. The molecule has 2 aliphatic rings. The summed E-state index contributed by atoms with van der Waals surface area (Å²) in [5, 5.41) is 0. The molecule has 0 amide bonds. The zero-order chi connectivity index (χ0) is 14.4. The Hall–Kier alpha value is -0.0800. The summed E-state index contributed by atoms with van der Waals surface area (Å²) in [6.07, 6.45) is 14.0. The number of hydrogen-bond acceptors (Lipinski definition) is 2. The molecule has 2 nitrogen and oxygen atoms in total. The minimum absolute atomic E-state index is 0.261.